The summed E-state index contributed by atoms with van der Waals surface area (Å²) in [5.74, 6) is 0.584. The Balaban J connectivity index is 1.88. The molecule has 0 spiro atoms. The third kappa shape index (κ3) is 4.43. The Morgan fingerprint density at radius 1 is 1.44 bits per heavy atom. The predicted octanol–water partition coefficient (Wildman–Crippen LogP) is 3.85. The number of nitrogens with zero attached hydrogens (tertiary/aromatic N) is 2. The number of amides is 1. The number of carbonyl (C=O) groups is 1. The zero-order valence-electron chi connectivity index (χ0n) is 13.4. The summed E-state index contributed by atoms with van der Waals surface area (Å²) >= 11 is 5.93. The number of aromatic nitrogens is 2. The molecule has 0 unspecified atom stereocenters. The summed E-state index contributed by atoms with van der Waals surface area (Å²) in [5.41, 5.74) is 2.41. The molecule has 0 bridgehead atoms. The van der Waals surface area contributed by atoms with E-state index in [4.69, 9.17) is 21.1 Å². The number of hydrogen-bond donors (Lipinski definition) is 1. The van der Waals surface area contributed by atoms with Gasteiger partial charge in [0, 0.05) is 18.0 Å². The van der Waals surface area contributed by atoms with E-state index >= 15 is 0 Å². The van der Waals surface area contributed by atoms with E-state index in [1.165, 1.54) is 6.08 Å². The van der Waals surface area contributed by atoms with E-state index in [9.17, 15) is 4.79 Å². The molecule has 6 nitrogen and oxygen atoms in total. The molecule has 7 heteroatoms. The Kier molecular flexibility index (Phi) is 5.42. The maximum absolute atomic E-state index is 11.4. The molecule has 3 rings (SSSR count). The fraction of sp³-hybridized carbons (Fsp3) is 0.167. The van der Waals surface area contributed by atoms with Gasteiger partial charge in [0.1, 0.15) is 5.75 Å². The van der Waals surface area contributed by atoms with Crippen LogP contribution in [0, 0.1) is 0 Å². The third-order valence-electron chi connectivity index (χ3n) is 3.54. The Morgan fingerprint density at radius 3 is 3.08 bits per heavy atom. The number of nitrogens with one attached hydrogen (secondary N) is 1. The molecule has 0 saturated carbocycles. The molecule has 0 fully saturated rings. The summed E-state index contributed by atoms with van der Waals surface area (Å²) in [6, 6.07) is 6.98. The Hall–Kier alpha value is -2.70. The fourth-order valence-corrected chi connectivity index (χ4v) is 2.48. The van der Waals surface area contributed by atoms with E-state index in [1.807, 2.05) is 6.08 Å². The SMILES string of the molecule is C=CC(=O)Nc1cccc(Oc2nc(Cl)ncc2C2=CCOCC2)c1. The molecule has 128 valence electrons. The highest BCUT2D eigenvalue weighted by Gasteiger charge is 2.15. The van der Waals surface area contributed by atoms with Crippen LogP contribution in [0.1, 0.15) is 12.0 Å². The molecule has 1 aromatic heterocycles. The maximum Gasteiger partial charge on any atom is 0.247 e. The van der Waals surface area contributed by atoms with E-state index < -0.39 is 0 Å². The van der Waals surface area contributed by atoms with Crippen LogP contribution in [-0.2, 0) is 9.53 Å². The van der Waals surface area contributed by atoms with E-state index in [2.05, 4.69) is 21.9 Å². The smallest absolute Gasteiger partial charge is 0.247 e. The summed E-state index contributed by atoms with van der Waals surface area (Å²) in [5, 5.41) is 2.78. The molecule has 0 radical (unpaired) electrons. The predicted molar refractivity (Wildman–Crippen MR) is 95.8 cm³/mol. The van der Waals surface area contributed by atoms with Crippen molar-refractivity contribution < 1.29 is 14.3 Å². The summed E-state index contributed by atoms with van der Waals surface area (Å²) < 4.78 is 11.2. The van der Waals surface area contributed by atoms with Gasteiger partial charge in [0.2, 0.25) is 17.1 Å². The van der Waals surface area contributed by atoms with E-state index in [-0.39, 0.29) is 11.2 Å². The Labute approximate surface area is 150 Å². The summed E-state index contributed by atoms with van der Waals surface area (Å²) in [7, 11) is 0. The van der Waals surface area contributed by atoms with Gasteiger partial charge < -0.3 is 14.8 Å². The van der Waals surface area contributed by atoms with E-state index in [1.54, 1.807) is 30.5 Å². The highest BCUT2D eigenvalue weighted by atomic mass is 35.5. The molecule has 2 aromatic rings. The molecular weight excluding hydrogens is 342 g/mol. The van der Waals surface area contributed by atoms with Gasteiger partial charge in [0.25, 0.3) is 0 Å². The zero-order valence-corrected chi connectivity index (χ0v) is 14.1. The van der Waals surface area contributed by atoms with Gasteiger partial charge in [-0.25, -0.2) is 4.98 Å². The molecule has 1 amide bonds. The van der Waals surface area contributed by atoms with Crippen LogP contribution >= 0.6 is 11.6 Å². The molecule has 2 heterocycles. The minimum absolute atomic E-state index is 0.0996. The first-order valence-electron chi connectivity index (χ1n) is 7.67. The van der Waals surface area contributed by atoms with Gasteiger partial charge in [-0.15, -0.1) is 0 Å². The van der Waals surface area contributed by atoms with Crippen molar-refractivity contribution in [3.8, 4) is 11.6 Å². The van der Waals surface area contributed by atoms with Gasteiger partial charge >= 0.3 is 0 Å². The van der Waals surface area contributed by atoms with Crippen LogP contribution in [0.3, 0.4) is 0 Å². The lowest BCUT2D eigenvalue weighted by Crippen LogP contribution is -2.07. The molecular formula is C18H16ClN3O3. The first-order valence-corrected chi connectivity index (χ1v) is 8.04. The van der Waals surface area contributed by atoms with Crippen molar-refractivity contribution in [3.05, 3.63) is 60.0 Å². The van der Waals surface area contributed by atoms with Crippen LogP contribution in [-0.4, -0.2) is 29.1 Å². The van der Waals surface area contributed by atoms with Crippen molar-refractivity contribution in [1.82, 2.24) is 9.97 Å². The summed E-state index contributed by atoms with van der Waals surface area (Å²) in [6.07, 6.45) is 5.57. The van der Waals surface area contributed by atoms with Crippen LogP contribution < -0.4 is 10.1 Å². The van der Waals surface area contributed by atoms with Gasteiger partial charge in [0.15, 0.2) is 0 Å². The highest BCUT2D eigenvalue weighted by Crippen LogP contribution is 2.32. The van der Waals surface area contributed by atoms with Crippen molar-refractivity contribution in [1.29, 1.82) is 0 Å². The molecule has 0 atom stereocenters. The number of halogens is 1. The van der Waals surface area contributed by atoms with Crippen LogP contribution in [0.25, 0.3) is 5.57 Å². The van der Waals surface area contributed by atoms with Gasteiger partial charge in [-0.05, 0) is 41.8 Å². The molecule has 25 heavy (non-hydrogen) atoms. The largest absolute Gasteiger partial charge is 0.438 e. The van der Waals surface area contributed by atoms with Crippen LogP contribution in [0.5, 0.6) is 11.6 Å². The molecule has 1 aromatic carbocycles. The maximum atomic E-state index is 11.4. The highest BCUT2D eigenvalue weighted by molar-refractivity contribution is 6.28. The molecule has 0 saturated heterocycles. The van der Waals surface area contributed by atoms with Crippen LogP contribution in [0.15, 0.2) is 49.2 Å². The number of benzene rings is 1. The lowest BCUT2D eigenvalue weighted by atomic mass is 10.0. The third-order valence-corrected chi connectivity index (χ3v) is 3.72. The van der Waals surface area contributed by atoms with Gasteiger partial charge in [-0.2, -0.15) is 4.98 Å². The quantitative estimate of drug-likeness (QED) is 0.650. The Morgan fingerprint density at radius 2 is 2.32 bits per heavy atom. The van der Waals surface area contributed by atoms with Crippen LogP contribution in [0.2, 0.25) is 5.28 Å². The second kappa shape index (κ2) is 7.92. The Bertz CT molecular complexity index is 836. The summed E-state index contributed by atoms with van der Waals surface area (Å²) in [6.45, 7) is 4.61. The summed E-state index contributed by atoms with van der Waals surface area (Å²) in [4.78, 5) is 19.7. The van der Waals surface area contributed by atoms with Gasteiger partial charge in [-0.1, -0.05) is 18.7 Å². The second-order valence-electron chi connectivity index (χ2n) is 5.24. The standard InChI is InChI=1S/C18H16ClN3O3/c1-2-16(23)21-13-4-3-5-14(10-13)25-17-15(11-20-18(19)22-17)12-6-8-24-9-7-12/h2-6,10-11H,1,7-9H2,(H,21,23). The molecule has 0 aliphatic carbocycles. The lowest BCUT2D eigenvalue weighted by Gasteiger charge is -2.16. The van der Waals surface area contributed by atoms with Crippen molar-refractivity contribution in [2.75, 3.05) is 18.5 Å². The van der Waals surface area contributed by atoms with Crippen molar-refractivity contribution in [3.63, 3.8) is 0 Å². The van der Waals surface area contributed by atoms with Crippen molar-refractivity contribution in [2.24, 2.45) is 0 Å². The normalized spacial score (nSPS) is 13.7. The van der Waals surface area contributed by atoms with Gasteiger partial charge in [0.05, 0.1) is 18.8 Å². The number of rotatable bonds is 5. The average molecular weight is 358 g/mol. The van der Waals surface area contributed by atoms with Gasteiger partial charge in [-0.3, -0.25) is 4.79 Å². The molecule has 1 N–H and O–H groups in total. The molecule has 1 aliphatic rings. The second-order valence-corrected chi connectivity index (χ2v) is 5.57. The van der Waals surface area contributed by atoms with Crippen molar-refractivity contribution in [2.45, 2.75) is 6.42 Å². The minimum Gasteiger partial charge on any atom is -0.438 e. The van der Waals surface area contributed by atoms with E-state index in [0.29, 0.717) is 30.5 Å². The number of ether oxygens (including phenoxy) is 2. The average Bonchev–Trinajstić information content (AvgIpc) is 2.63. The molecule has 1 aliphatic heterocycles. The first-order chi connectivity index (χ1) is 12.2. The number of hydrogen-bond acceptors (Lipinski definition) is 5. The minimum atomic E-state index is -0.296. The zero-order chi connectivity index (χ0) is 17.6. The van der Waals surface area contributed by atoms with Crippen molar-refractivity contribution >= 4 is 28.8 Å². The van der Waals surface area contributed by atoms with Crippen LogP contribution in [0.4, 0.5) is 5.69 Å². The number of carbonyl (C=O) groups excluding carboxylic acids is 1. The topological polar surface area (TPSA) is 73.3 Å². The first kappa shape index (κ1) is 17.1. The van der Waals surface area contributed by atoms with E-state index in [0.717, 1.165) is 17.6 Å². The number of anilines is 1. The fourth-order valence-electron chi connectivity index (χ4n) is 2.36. The lowest BCUT2D eigenvalue weighted by molar-refractivity contribution is -0.111. The monoisotopic (exact) mass is 357 g/mol.